The van der Waals surface area contributed by atoms with Crippen molar-refractivity contribution < 1.29 is 0 Å². The van der Waals surface area contributed by atoms with Crippen LogP contribution in [-0.4, -0.2) is 65.1 Å². The number of likely N-dealkylation sites (tertiary alicyclic amines) is 1. The molecule has 2 heterocycles. The Bertz CT molecular complexity index is 653. The average Bonchev–Trinajstić information content (AvgIpc) is 3.02. The molecule has 0 spiro atoms. The smallest absolute Gasteiger partial charge is 0.0931 e. The molecule has 2 N–H and O–H groups in total. The van der Waals surface area contributed by atoms with Gasteiger partial charge < -0.3 is 15.2 Å². The predicted molar refractivity (Wildman–Crippen MR) is 100 cm³/mol. The molecule has 1 aliphatic heterocycles. The summed E-state index contributed by atoms with van der Waals surface area (Å²) in [4.78, 5) is 12.5. The molecule has 0 aliphatic carbocycles. The van der Waals surface area contributed by atoms with Crippen molar-refractivity contribution in [1.82, 2.24) is 25.1 Å². The minimum Gasteiger partial charge on any atom is -0.345 e. The maximum atomic E-state index is 4.27. The zero-order valence-electron chi connectivity index (χ0n) is 15.5. The average molecular weight is 329 g/mol. The Hall–Kier alpha value is -1.43. The van der Waals surface area contributed by atoms with E-state index in [1.165, 1.54) is 31.5 Å². The summed E-state index contributed by atoms with van der Waals surface area (Å²) >= 11 is 0. The highest BCUT2D eigenvalue weighted by molar-refractivity contribution is 5.74. The van der Waals surface area contributed by atoms with Gasteiger partial charge in [-0.15, -0.1) is 0 Å². The molecule has 0 bridgehead atoms. The number of piperidine rings is 1. The van der Waals surface area contributed by atoms with Gasteiger partial charge in [-0.3, -0.25) is 4.90 Å². The van der Waals surface area contributed by atoms with Crippen LogP contribution in [0.25, 0.3) is 11.0 Å². The number of rotatable bonds is 6. The van der Waals surface area contributed by atoms with Crippen molar-refractivity contribution in [3.63, 3.8) is 0 Å². The first-order valence-corrected chi connectivity index (χ1v) is 9.00. The summed E-state index contributed by atoms with van der Waals surface area (Å²) in [6.45, 7) is 8.99. The number of hydrogen-bond donors (Lipinski definition) is 2. The number of aromatic nitrogens is 2. The van der Waals surface area contributed by atoms with Gasteiger partial charge in [0.15, 0.2) is 0 Å². The number of imidazole rings is 1. The molecule has 2 aromatic rings. The highest BCUT2D eigenvalue weighted by atomic mass is 15.2. The maximum absolute atomic E-state index is 4.27. The van der Waals surface area contributed by atoms with Crippen molar-refractivity contribution >= 4 is 11.0 Å². The zero-order valence-corrected chi connectivity index (χ0v) is 15.5. The zero-order chi connectivity index (χ0) is 17.2. The number of nitrogens with one attached hydrogen (secondary N) is 2. The molecule has 1 saturated heterocycles. The molecular weight excluding hydrogens is 298 g/mol. The molecule has 0 atom stereocenters. The Balaban J connectivity index is 1.49. The van der Waals surface area contributed by atoms with Gasteiger partial charge in [0.25, 0.3) is 0 Å². The van der Waals surface area contributed by atoms with Crippen LogP contribution in [0.15, 0.2) is 24.5 Å². The van der Waals surface area contributed by atoms with Gasteiger partial charge in [-0.25, -0.2) is 4.98 Å². The van der Waals surface area contributed by atoms with Crippen LogP contribution < -0.4 is 5.32 Å². The first-order valence-electron chi connectivity index (χ1n) is 9.00. The molecule has 0 radical (unpaired) electrons. The van der Waals surface area contributed by atoms with Gasteiger partial charge in [-0.1, -0.05) is 6.07 Å². The quantitative estimate of drug-likeness (QED) is 0.855. The lowest BCUT2D eigenvalue weighted by Crippen LogP contribution is -2.55. The molecule has 1 aromatic heterocycles. The van der Waals surface area contributed by atoms with Gasteiger partial charge in [-0.2, -0.15) is 0 Å². The number of aromatic amines is 1. The fraction of sp³-hybridized carbons (Fsp3) is 0.632. The number of hydrogen-bond acceptors (Lipinski definition) is 4. The molecule has 1 aromatic carbocycles. The second kappa shape index (κ2) is 7.21. The monoisotopic (exact) mass is 329 g/mol. The van der Waals surface area contributed by atoms with Crippen molar-refractivity contribution in [3.05, 3.63) is 30.1 Å². The van der Waals surface area contributed by atoms with Crippen molar-refractivity contribution in [2.24, 2.45) is 0 Å². The van der Waals surface area contributed by atoms with Gasteiger partial charge in [0.05, 0.1) is 17.4 Å². The lowest BCUT2D eigenvalue weighted by Gasteiger charge is -2.44. The molecule has 0 amide bonds. The molecule has 0 unspecified atom stereocenters. The third kappa shape index (κ3) is 3.97. The van der Waals surface area contributed by atoms with Crippen molar-refractivity contribution in [3.8, 4) is 0 Å². The SMILES string of the molecule is CN(C)C1CCN(C(C)(C)CNCc2ccc3nc[nH]c3c2)CC1. The third-order valence-electron chi connectivity index (χ3n) is 5.42. The minimum absolute atomic E-state index is 0.190. The summed E-state index contributed by atoms with van der Waals surface area (Å²) in [5.74, 6) is 0. The number of H-pyrrole nitrogens is 1. The molecule has 0 saturated carbocycles. The Kier molecular flexibility index (Phi) is 5.23. The second-order valence-electron chi connectivity index (χ2n) is 7.85. The van der Waals surface area contributed by atoms with Crippen LogP contribution in [-0.2, 0) is 6.54 Å². The highest BCUT2D eigenvalue weighted by Gasteiger charge is 2.30. The van der Waals surface area contributed by atoms with E-state index in [-0.39, 0.29) is 5.54 Å². The van der Waals surface area contributed by atoms with Crippen LogP contribution in [0.4, 0.5) is 0 Å². The molecule has 132 valence electrons. The topological polar surface area (TPSA) is 47.2 Å². The fourth-order valence-electron chi connectivity index (χ4n) is 3.70. The van der Waals surface area contributed by atoms with Gasteiger partial charge in [0.2, 0.25) is 0 Å². The van der Waals surface area contributed by atoms with E-state index < -0.39 is 0 Å². The molecule has 24 heavy (non-hydrogen) atoms. The van der Waals surface area contributed by atoms with Gasteiger partial charge in [-0.05, 0) is 58.5 Å². The minimum atomic E-state index is 0.190. The highest BCUT2D eigenvalue weighted by Crippen LogP contribution is 2.22. The second-order valence-corrected chi connectivity index (χ2v) is 7.85. The van der Waals surface area contributed by atoms with Crippen LogP contribution in [0, 0.1) is 0 Å². The Morgan fingerprint density at radius 3 is 2.75 bits per heavy atom. The van der Waals surface area contributed by atoms with Crippen LogP contribution >= 0.6 is 0 Å². The van der Waals surface area contributed by atoms with E-state index in [1.807, 2.05) is 0 Å². The molecule has 5 heteroatoms. The number of nitrogens with zero attached hydrogens (tertiary/aromatic N) is 3. The maximum Gasteiger partial charge on any atom is 0.0931 e. The Morgan fingerprint density at radius 1 is 1.29 bits per heavy atom. The van der Waals surface area contributed by atoms with E-state index >= 15 is 0 Å². The Morgan fingerprint density at radius 2 is 2.04 bits per heavy atom. The van der Waals surface area contributed by atoms with Gasteiger partial charge in [0, 0.05) is 37.8 Å². The molecule has 1 fully saturated rings. The van der Waals surface area contributed by atoms with E-state index in [4.69, 9.17) is 0 Å². The summed E-state index contributed by atoms with van der Waals surface area (Å²) in [6.07, 6.45) is 4.29. The van der Waals surface area contributed by atoms with Gasteiger partial charge >= 0.3 is 0 Å². The first-order chi connectivity index (χ1) is 11.5. The molecule has 5 nitrogen and oxygen atoms in total. The summed E-state index contributed by atoms with van der Waals surface area (Å²) < 4.78 is 0. The Labute approximate surface area is 145 Å². The normalized spacial score (nSPS) is 17.9. The van der Waals surface area contributed by atoms with Crippen molar-refractivity contribution in [2.45, 2.75) is 44.8 Å². The summed E-state index contributed by atoms with van der Waals surface area (Å²) in [5.41, 5.74) is 3.63. The van der Waals surface area contributed by atoms with Crippen LogP contribution in [0.5, 0.6) is 0 Å². The lowest BCUT2D eigenvalue weighted by atomic mass is 9.95. The van der Waals surface area contributed by atoms with Crippen LogP contribution in [0.1, 0.15) is 32.3 Å². The summed E-state index contributed by atoms with van der Waals surface area (Å²) in [5, 5.41) is 3.64. The van der Waals surface area contributed by atoms with Gasteiger partial charge in [0.1, 0.15) is 0 Å². The number of fused-ring (bicyclic) bond motifs is 1. The standard InChI is InChI=1S/C19H31N5/c1-19(2,24-9-7-16(8-10-24)23(3)4)13-20-12-15-5-6-17-18(11-15)22-14-21-17/h5-6,11,14,16,20H,7-10,12-13H2,1-4H3,(H,21,22). The van der Waals surface area contributed by atoms with Crippen molar-refractivity contribution in [2.75, 3.05) is 33.7 Å². The lowest BCUT2D eigenvalue weighted by molar-refractivity contribution is 0.0616. The van der Waals surface area contributed by atoms with Crippen LogP contribution in [0.2, 0.25) is 0 Å². The van der Waals surface area contributed by atoms with Crippen molar-refractivity contribution in [1.29, 1.82) is 0 Å². The first kappa shape index (κ1) is 17.4. The fourth-order valence-corrected chi connectivity index (χ4v) is 3.70. The third-order valence-corrected chi connectivity index (χ3v) is 5.42. The molecule has 1 aliphatic rings. The predicted octanol–water partition coefficient (Wildman–Crippen LogP) is 2.46. The molecule has 3 rings (SSSR count). The summed E-state index contributed by atoms with van der Waals surface area (Å²) in [6, 6.07) is 7.17. The summed E-state index contributed by atoms with van der Waals surface area (Å²) in [7, 11) is 4.40. The largest absolute Gasteiger partial charge is 0.345 e. The van der Waals surface area contributed by atoms with Crippen LogP contribution in [0.3, 0.4) is 0 Å². The van der Waals surface area contributed by atoms with E-state index in [0.29, 0.717) is 0 Å². The molecular formula is C19H31N5. The van der Waals surface area contributed by atoms with E-state index in [1.54, 1.807) is 6.33 Å². The van der Waals surface area contributed by atoms with E-state index in [9.17, 15) is 0 Å². The van der Waals surface area contributed by atoms with E-state index in [0.717, 1.165) is 30.2 Å². The van der Waals surface area contributed by atoms with E-state index in [2.05, 4.69) is 71.2 Å². The number of benzene rings is 1.